The minimum Gasteiger partial charge on any atom is -0.352 e. The van der Waals surface area contributed by atoms with Crippen LogP contribution in [0.5, 0.6) is 0 Å². The lowest BCUT2D eigenvalue weighted by Crippen LogP contribution is -2.29. The molecule has 0 heterocycles. The highest BCUT2D eigenvalue weighted by molar-refractivity contribution is 7.89. The molecule has 0 radical (unpaired) electrons. The van der Waals surface area contributed by atoms with Crippen molar-refractivity contribution in [3.05, 3.63) is 29.3 Å². The number of primary sulfonamides is 1. The van der Waals surface area contributed by atoms with Gasteiger partial charge in [0.25, 0.3) is 5.91 Å². The molecular formula is C14H20N2O3S. The number of benzene rings is 1. The number of hydrogen-bond donors (Lipinski definition) is 2. The van der Waals surface area contributed by atoms with Gasteiger partial charge in [0.2, 0.25) is 10.0 Å². The third kappa shape index (κ3) is 3.58. The molecule has 1 atom stereocenters. The van der Waals surface area contributed by atoms with Gasteiger partial charge in [-0.15, -0.1) is 0 Å². The number of sulfonamides is 1. The Hall–Kier alpha value is -1.40. The van der Waals surface area contributed by atoms with Crippen LogP contribution in [-0.2, 0) is 10.0 Å². The minimum absolute atomic E-state index is 0.0258. The molecule has 3 N–H and O–H groups in total. The van der Waals surface area contributed by atoms with Crippen molar-refractivity contribution < 1.29 is 13.2 Å². The molecule has 0 bridgehead atoms. The average molecular weight is 296 g/mol. The summed E-state index contributed by atoms with van der Waals surface area (Å²) in [5.74, 6) is 1.06. The van der Waals surface area contributed by atoms with Crippen molar-refractivity contribution >= 4 is 15.9 Å². The Kier molecular flexibility index (Phi) is 4.15. The van der Waals surface area contributed by atoms with Crippen LogP contribution in [0.3, 0.4) is 0 Å². The highest BCUT2D eigenvalue weighted by Gasteiger charge is 2.28. The fraction of sp³-hybridized carbons (Fsp3) is 0.500. The van der Waals surface area contributed by atoms with Gasteiger partial charge in [-0.25, -0.2) is 13.6 Å². The van der Waals surface area contributed by atoms with Gasteiger partial charge in [-0.05, 0) is 55.4 Å². The van der Waals surface area contributed by atoms with Crippen LogP contribution in [0.25, 0.3) is 0 Å². The molecule has 5 nitrogen and oxygen atoms in total. The van der Waals surface area contributed by atoms with Gasteiger partial charge >= 0.3 is 0 Å². The topological polar surface area (TPSA) is 89.3 Å². The zero-order valence-electron chi connectivity index (χ0n) is 11.7. The monoisotopic (exact) mass is 296 g/mol. The zero-order valence-corrected chi connectivity index (χ0v) is 12.5. The van der Waals surface area contributed by atoms with Crippen LogP contribution in [0, 0.1) is 18.8 Å². The van der Waals surface area contributed by atoms with Gasteiger partial charge in [0, 0.05) is 12.1 Å². The van der Waals surface area contributed by atoms with E-state index in [1.807, 2.05) is 0 Å². The van der Waals surface area contributed by atoms with Crippen molar-refractivity contribution in [2.24, 2.45) is 17.0 Å². The number of hydrogen-bond acceptors (Lipinski definition) is 3. The van der Waals surface area contributed by atoms with Crippen LogP contribution >= 0.6 is 0 Å². The van der Waals surface area contributed by atoms with Crippen LogP contribution in [0.15, 0.2) is 23.1 Å². The second-order valence-corrected chi connectivity index (χ2v) is 7.11. The summed E-state index contributed by atoms with van der Waals surface area (Å²) in [6, 6.07) is 4.29. The van der Waals surface area contributed by atoms with Crippen LogP contribution in [0.2, 0.25) is 0 Å². The summed E-state index contributed by atoms with van der Waals surface area (Å²) in [6.07, 6.45) is 2.50. The highest BCUT2D eigenvalue weighted by Crippen LogP contribution is 2.36. The fourth-order valence-electron chi connectivity index (χ4n) is 2.25. The number of rotatable bonds is 5. The second kappa shape index (κ2) is 5.54. The molecule has 1 saturated carbocycles. The molecule has 1 fully saturated rings. The van der Waals surface area contributed by atoms with Crippen molar-refractivity contribution in [3.63, 3.8) is 0 Å². The van der Waals surface area contributed by atoms with E-state index in [4.69, 9.17) is 5.14 Å². The maximum absolute atomic E-state index is 12.1. The number of aryl methyl sites for hydroxylation is 1. The Labute approximate surface area is 119 Å². The molecule has 1 aromatic carbocycles. The Balaban J connectivity index is 2.06. The summed E-state index contributed by atoms with van der Waals surface area (Å²) >= 11 is 0. The van der Waals surface area contributed by atoms with E-state index in [-0.39, 0.29) is 10.8 Å². The summed E-state index contributed by atoms with van der Waals surface area (Å²) < 4.78 is 22.5. The first-order valence-electron chi connectivity index (χ1n) is 6.70. The highest BCUT2D eigenvalue weighted by atomic mass is 32.2. The Morgan fingerprint density at radius 2 is 2.10 bits per heavy atom. The SMILES string of the molecule is Cc1cc(S(N)(=O)=O)ccc1C(=O)NCC(C)C1CC1. The van der Waals surface area contributed by atoms with Crippen molar-refractivity contribution in [3.8, 4) is 0 Å². The van der Waals surface area contributed by atoms with Gasteiger partial charge in [0.1, 0.15) is 0 Å². The molecule has 1 amide bonds. The summed E-state index contributed by atoms with van der Waals surface area (Å²) in [6.45, 7) is 4.49. The van der Waals surface area contributed by atoms with Crippen molar-refractivity contribution in [1.82, 2.24) is 5.32 Å². The van der Waals surface area contributed by atoms with E-state index < -0.39 is 10.0 Å². The first kappa shape index (κ1) is 15.0. The zero-order chi connectivity index (χ0) is 14.9. The standard InChI is InChI=1S/C14H20N2O3S/c1-9-7-12(20(15,18)19)5-6-13(9)14(17)16-8-10(2)11-3-4-11/h5-7,10-11H,3-4,8H2,1-2H3,(H,16,17)(H2,15,18,19). The largest absolute Gasteiger partial charge is 0.352 e. The van der Waals surface area contributed by atoms with Crippen molar-refractivity contribution in [2.45, 2.75) is 31.6 Å². The van der Waals surface area contributed by atoms with E-state index in [0.717, 1.165) is 5.92 Å². The quantitative estimate of drug-likeness (QED) is 0.861. The predicted molar refractivity (Wildman–Crippen MR) is 76.8 cm³/mol. The molecule has 1 unspecified atom stereocenters. The van der Waals surface area contributed by atoms with Gasteiger partial charge in [-0.1, -0.05) is 6.92 Å². The molecule has 110 valence electrons. The molecule has 1 aliphatic rings. The number of amides is 1. The molecule has 0 saturated heterocycles. The van der Waals surface area contributed by atoms with E-state index >= 15 is 0 Å². The first-order valence-corrected chi connectivity index (χ1v) is 8.25. The number of carbonyl (C=O) groups excluding carboxylic acids is 1. The Bertz CT molecular complexity index is 621. The third-order valence-corrected chi connectivity index (χ3v) is 4.69. The summed E-state index contributed by atoms with van der Waals surface area (Å²) in [7, 11) is -3.73. The molecule has 20 heavy (non-hydrogen) atoms. The van der Waals surface area contributed by atoms with Crippen LogP contribution in [-0.4, -0.2) is 20.9 Å². The molecule has 0 spiro atoms. The van der Waals surface area contributed by atoms with Crippen molar-refractivity contribution in [2.75, 3.05) is 6.54 Å². The fourth-order valence-corrected chi connectivity index (χ4v) is 2.85. The van der Waals surface area contributed by atoms with Gasteiger partial charge in [-0.2, -0.15) is 0 Å². The molecule has 6 heteroatoms. The van der Waals surface area contributed by atoms with Crippen LogP contribution in [0.4, 0.5) is 0 Å². The molecule has 2 rings (SSSR count). The number of nitrogens with one attached hydrogen (secondary N) is 1. The molecular weight excluding hydrogens is 276 g/mol. The third-order valence-electron chi connectivity index (χ3n) is 3.78. The summed E-state index contributed by atoms with van der Waals surface area (Å²) in [4.78, 5) is 12.1. The lowest BCUT2D eigenvalue weighted by molar-refractivity contribution is 0.0946. The van der Waals surface area contributed by atoms with Crippen LogP contribution < -0.4 is 10.5 Å². The predicted octanol–water partition coefficient (Wildman–Crippen LogP) is 1.42. The Morgan fingerprint density at radius 1 is 1.45 bits per heavy atom. The molecule has 0 aliphatic heterocycles. The summed E-state index contributed by atoms with van der Waals surface area (Å²) in [5, 5.41) is 7.96. The molecule has 1 aliphatic carbocycles. The van der Waals surface area contributed by atoms with Crippen molar-refractivity contribution in [1.29, 1.82) is 0 Å². The van der Waals surface area contributed by atoms with Gasteiger partial charge < -0.3 is 5.32 Å². The van der Waals surface area contributed by atoms with E-state index in [1.54, 1.807) is 6.92 Å². The van der Waals surface area contributed by atoms with Crippen LogP contribution in [0.1, 0.15) is 35.7 Å². The van der Waals surface area contributed by atoms with E-state index in [0.29, 0.717) is 23.6 Å². The van der Waals surface area contributed by atoms with E-state index in [2.05, 4.69) is 12.2 Å². The lowest BCUT2D eigenvalue weighted by atomic mass is 10.1. The van der Waals surface area contributed by atoms with E-state index in [1.165, 1.54) is 31.0 Å². The van der Waals surface area contributed by atoms with Gasteiger partial charge in [0.15, 0.2) is 0 Å². The smallest absolute Gasteiger partial charge is 0.251 e. The summed E-state index contributed by atoms with van der Waals surface area (Å²) in [5.41, 5.74) is 1.09. The average Bonchev–Trinajstić information content (AvgIpc) is 3.18. The second-order valence-electron chi connectivity index (χ2n) is 5.55. The normalized spacial score (nSPS) is 16.8. The maximum Gasteiger partial charge on any atom is 0.251 e. The van der Waals surface area contributed by atoms with Gasteiger partial charge in [-0.3, -0.25) is 4.79 Å². The number of nitrogens with two attached hydrogens (primary N) is 1. The molecule has 1 aromatic rings. The van der Waals surface area contributed by atoms with Gasteiger partial charge in [0.05, 0.1) is 4.90 Å². The minimum atomic E-state index is -3.73. The maximum atomic E-state index is 12.1. The lowest BCUT2D eigenvalue weighted by Gasteiger charge is -2.13. The van der Waals surface area contributed by atoms with E-state index in [9.17, 15) is 13.2 Å². The Morgan fingerprint density at radius 3 is 2.60 bits per heavy atom. The number of carbonyl (C=O) groups is 1. The molecule has 0 aromatic heterocycles. The first-order chi connectivity index (χ1) is 9.29.